The Morgan fingerprint density at radius 2 is 2.17 bits per heavy atom. The monoisotopic (exact) mass is 250 g/mol. The molecule has 1 N–H and O–H groups in total. The summed E-state index contributed by atoms with van der Waals surface area (Å²) in [6.07, 6.45) is 8.69. The molecule has 2 aliphatic rings. The molecular weight excluding hydrogens is 224 g/mol. The van der Waals surface area contributed by atoms with Crippen LogP contribution in [0.15, 0.2) is 0 Å². The Hall–Kier alpha value is -0.590. The molecule has 3 unspecified atom stereocenters. The summed E-state index contributed by atoms with van der Waals surface area (Å²) in [5.41, 5.74) is 0. The summed E-state index contributed by atoms with van der Waals surface area (Å²) in [7, 11) is 0. The molecule has 0 saturated heterocycles. The van der Waals surface area contributed by atoms with Gasteiger partial charge in [-0.2, -0.15) is 5.26 Å². The van der Waals surface area contributed by atoms with Crippen molar-refractivity contribution in [1.82, 2.24) is 5.32 Å². The Bertz CT molecular complexity index is 283. The van der Waals surface area contributed by atoms with Crippen LogP contribution in [-0.4, -0.2) is 25.3 Å². The number of hydrogen-bond donors (Lipinski definition) is 1. The van der Waals surface area contributed by atoms with Gasteiger partial charge in [-0.15, -0.1) is 0 Å². The lowest BCUT2D eigenvalue weighted by molar-refractivity contribution is 0.0726. The van der Waals surface area contributed by atoms with Crippen molar-refractivity contribution in [2.45, 2.75) is 64.0 Å². The van der Waals surface area contributed by atoms with Crippen LogP contribution in [0, 0.1) is 23.2 Å². The molecule has 102 valence electrons. The third kappa shape index (κ3) is 4.96. The first kappa shape index (κ1) is 13.8. The molecule has 0 aliphatic heterocycles. The van der Waals surface area contributed by atoms with Crippen molar-refractivity contribution in [2.24, 2.45) is 11.8 Å². The molecule has 3 atom stereocenters. The average molecular weight is 250 g/mol. The first-order valence-corrected chi connectivity index (χ1v) is 7.51. The van der Waals surface area contributed by atoms with E-state index in [9.17, 15) is 0 Å². The van der Waals surface area contributed by atoms with E-state index < -0.39 is 0 Å². The van der Waals surface area contributed by atoms with Gasteiger partial charge in [0.25, 0.3) is 0 Å². The topological polar surface area (TPSA) is 45.0 Å². The summed E-state index contributed by atoms with van der Waals surface area (Å²) >= 11 is 0. The first-order valence-electron chi connectivity index (χ1n) is 7.51. The number of nitrogens with one attached hydrogen (secondary N) is 1. The highest BCUT2D eigenvalue weighted by atomic mass is 16.5. The number of nitrogens with zero attached hydrogens (tertiary/aromatic N) is 1. The van der Waals surface area contributed by atoms with E-state index in [1.165, 1.54) is 38.5 Å². The minimum absolute atomic E-state index is 0.0113. The summed E-state index contributed by atoms with van der Waals surface area (Å²) in [4.78, 5) is 0. The van der Waals surface area contributed by atoms with Crippen LogP contribution >= 0.6 is 0 Å². The van der Waals surface area contributed by atoms with E-state index in [1.807, 2.05) is 0 Å². The quantitative estimate of drug-likeness (QED) is 0.707. The fourth-order valence-electron chi connectivity index (χ4n) is 2.88. The second kappa shape index (κ2) is 7.11. The van der Waals surface area contributed by atoms with Crippen LogP contribution in [0.5, 0.6) is 0 Å². The molecule has 0 spiro atoms. The maximum absolute atomic E-state index is 9.02. The van der Waals surface area contributed by atoms with E-state index in [-0.39, 0.29) is 6.04 Å². The van der Waals surface area contributed by atoms with Gasteiger partial charge in [0.15, 0.2) is 0 Å². The molecule has 0 aromatic carbocycles. The lowest BCUT2D eigenvalue weighted by Crippen LogP contribution is -2.31. The van der Waals surface area contributed by atoms with Crippen LogP contribution in [0.1, 0.15) is 51.9 Å². The van der Waals surface area contributed by atoms with Gasteiger partial charge in [0.05, 0.1) is 12.1 Å². The standard InChI is InChI=1S/C15H26N2O/c1-12-3-2-4-13(9-12)11-18-8-7-15(10-16)17-14-5-6-14/h12-15,17H,2-9,11H2,1H3. The molecule has 0 heterocycles. The molecular formula is C15H26N2O. The van der Waals surface area contributed by atoms with Crippen molar-refractivity contribution in [1.29, 1.82) is 5.26 Å². The summed E-state index contributed by atoms with van der Waals surface area (Å²) in [5.74, 6) is 1.63. The van der Waals surface area contributed by atoms with Crippen molar-refractivity contribution in [3.8, 4) is 6.07 Å². The van der Waals surface area contributed by atoms with Gasteiger partial charge in [0.2, 0.25) is 0 Å². The number of ether oxygens (including phenoxy) is 1. The zero-order valence-electron chi connectivity index (χ0n) is 11.5. The van der Waals surface area contributed by atoms with Crippen molar-refractivity contribution in [3.05, 3.63) is 0 Å². The molecule has 2 rings (SSSR count). The fraction of sp³-hybridized carbons (Fsp3) is 0.933. The molecule has 0 aromatic rings. The van der Waals surface area contributed by atoms with Crippen LogP contribution in [0.4, 0.5) is 0 Å². The largest absolute Gasteiger partial charge is 0.381 e. The minimum Gasteiger partial charge on any atom is -0.381 e. The van der Waals surface area contributed by atoms with E-state index in [1.54, 1.807) is 0 Å². The van der Waals surface area contributed by atoms with Gasteiger partial charge in [0.1, 0.15) is 0 Å². The van der Waals surface area contributed by atoms with E-state index >= 15 is 0 Å². The predicted molar refractivity (Wildman–Crippen MR) is 72.1 cm³/mol. The second-order valence-corrected chi connectivity index (χ2v) is 6.12. The van der Waals surface area contributed by atoms with Crippen molar-refractivity contribution < 1.29 is 4.74 Å². The third-order valence-corrected chi connectivity index (χ3v) is 4.12. The molecule has 18 heavy (non-hydrogen) atoms. The molecule has 2 aliphatic carbocycles. The highest BCUT2D eigenvalue weighted by Crippen LogP contribution is 2.28. The maximum Gasteiger partial charge on any atom is 0.0977 e. The summed E-state index contributed by atoms with van der Waals surface area (Å²) in [5, 5.41) is 12.4. The molecule has 2 fully saturated rings. The lowest BCUT2D eigenvalue weighted by atomic mass is 9.83. The zero-order valence-corrected chi connectivity index (χ0v) is 11.5. The summed E-state index contributed by atoms with van der Waals surface area (Å²) in [6.45, 7) is 3.96. The van der Waals surface area contributed by atoms with Crippen LogP contribution < -0.4 is 5.32 Å². The van der Waals surface area contributed by atoms with Gasteiger partial charge in [0, 0.05) is 19.3 Å². The molecule has 3 heteroatoms. The van der Waals surface area contributed by atoms with Gasteiger partial charge in [-0.1, -0.05) is 19.8 Å². The van der Waals surface area contributed by atoms with Crippen LogP contribution in [-0.2, 0) is 4.74 Å². The van der Waals surface area contributed by atoms with Crippen LogP contribution in [0.25, 0.3) is 0 Å². The Labute approximate surface area is 111 Å². The molecule has 3 nitrogen and oxygen atoms in total. The zero-order chi connectivity index (χ0) is 12.8. The number of nitriles is 1. The van der Waals surface area contributed by atoms with Crippen LogP contribution in [0.2, 0.25) is 0 Å². The van der Waals surface area contributed by atoms with Crippen molar-refractivity contribution in [2.75, 3.05) is 13.2 Å². The lowest BCUT2D eigenvalue weighted by Gasteiger charge is -2.26. The fourth-order valence-corrected chi connectivity index (χ4v) is 2.88. The van der Waals surface area contributed by atoms with E-state index in [0.717, 1.165) is 31.5 Å². The smallest absolute Gasteiger partial charge is 0.0977 e. The highest BCUT2D eigenvalue weighted by Gasteiger charge is 2.24. The molecule has 0 bridgehead atoms. The number of rotatable bonds is 7. The van der Waals surface area contributed by atoms with E-state index in [2.05, 4.69) is 18.3 Å². The summed E-state index contributed by atoms with van der Waals surface area (Å²) in [6, 6.07) is 2.92. The molecule has 0 aromatic heterocycles. The van der Waals surface area contributed by atoms with Gasteiger partial charge in [-0.3, -0.25) is 5.32 Å². The second-order valence-electron chi connectivity index (χ2n) is 6.12. The normalized spacial score (nSPS) is 29.8. The Balaban J connectivity index is 1.53. The highest BCUT2D eigenvalue weighted by molar-refractivity contribution is 4.95. The Morgan fingerprint density at radius 3 is 2.83 bits per heavy atom. The average Bonchev–Trinajstić information content (AvgIpc) is 3.17. The minimum atomic E-state index is -0.0113. The van der Waals surface area contributed by atoms with Crippen LogP contribution in [0.3, 0.4) is 0 Å². The molecule has 0 amide bonds. The van der Waals surface area contributed by atoms with Gasteiger partial charge in [-0.25, -0.2) is 0 Å². The molecule has 2 saturated carbocycles. The predicted octanol–water partition coefficient (Wildman–Crippen LogP) is 2.86. The Morgan fingerprint density at radius 1 is 1.33 bits per heavy atom. The first-order chi connectivity index (χ1) is 8.78. The SMILES string of the molecule is CC1CCCC(COCCC(C#N)NC2CC2)C1. The molecule has 0 radical (unpaired) electrons. The van der Waals surface area contributed by atoms with Gasteiger partial charge < -0.3 is 4.74 Å². The maximum atomic E-state index is 9.02. The van der Waals surface area contributed by atoms with Crippen molar-refractivity contribution in [3.63, 3.8) is 0 Å². The Kier molecular flexibility index (Phi) is 5.46. The van der Waals surface area contributed by atoms with Gasteiger partial charge >= 0.3 is 0 Å². The summed E-state index contributed by atoms with van der Waals surface area (Å²) < 4.78 is 5.76. The van der Waals surface area contributed by atoms with E-state index in [0.29, 0.717) is 6.04 Å². The van der Waals surface area contributed by atoms with E-state index in [4.69, 9.17) is 10.00 Å². The number of hydrogen-bond acceptors (Lipinski definition) is 3. The van der Waals surface area contributed by atoms with Crippen molar-refractivity contribution >= 4 is 0 Å². The third-order valence-electron chi connectivity index (χ3n) is 4.12. The van der Waals surface area contributed by atoms with Gasteiger partial charge in [-0.05, 0) is 43.9 Å².